The summed E-state index contributed by atoms with van der Waals surface area (Å²) in [6, 6.07) is 0. The van der Waals surface area contributed by atoms with Crippen molar-refractivity contribution in [2.45, 2.75) is 45.4 Å². The molecule has 1 spiro atoms. The summed E-state index contributed by atoms with van der Waals surface area (Å²) in [5.41, 5.74) is 0.616. The highest BCUT2D eigenvalue weighted by Gasteiger charge is 2.35. The molecular formula is C11H20O. The van der Waals surface area contributed by atoms with Crippen LogP contribution in [0.25, 0.3) is 0 Å². The highest BCUT2D eigenvalue weighted by atomic mass is 16.5. The van der Waals surface area contributed by atoms with Crippen LogP contribution >= 0.6 is 0 Å². The monoisotopic (exact) mass is 168 g/mol. The van der Waals surface area contributed by atoms with Gasteiger partial charge in [0.15, 0.2) is 0 Å². The molecule has 2 rings (SSSR count). The zero-order valence-electron chi connectivity index (χ0n) is 8.14. The first-order chi connectivity index (χ1) is 5.81. The van der Waals surface area contributed by atoms with Crippen LogP contribution in [-0.2, 0) is 4.74 Å². The van der Waals surface area contributed by atoms with Crippen molar-refractivity contribution in [3.63, 3.8) is 0 Å². The van der Waals surface area contributed by atoms with E-state index in [1.54, 1.807) is 0 Å². The number of rotatable bonds is 0. The van der Waals surface area contributed by atoms with Crippen LogP contribution < -0.4 is 0 Å². The standard InChI is InChI=1S/C11H20O/c1-10-3-6-11(7-4-10)5-2-8-12-9-11/h10H,2-9H2,1H3/t10-,11+. The Morgan fingerprint density at radius 1 is 1.17 bits per heavy atom. The molecule has 1 heterocycles. The lowest BCUT2D eigenvalue weighted by Crippen LogP contribution is -2.35. The van der Waals surface area contributed by atoms with Crippen molar-refractivity contribution >= 4 is 0 Å². The molecule has 0 bridgehead atoms. The normalized spacial score (nSPS) is 43.2. The Balaban J connectivity index is 1.92. The number of hydrogen-bond donors (Lipinski definition) is 0. The second-order valence-electron chi connectivity index (χ2n) is 4.84. The minimum absolute atomic E-state index is 0.616. The largest absolute Gasteiger partial charge is 0.381 e. The fraction of sp³-hybridized carbons (Fsp3) is 1.00. The molecule has 2 fully saturated rings. The van der Waals surface area contributed by atoms with E-state index in [-0.39, 0.29) is 0 Å². The average Bonchev–Trinajstić information content (AvgIpc) is 2.13. The van der Waals surface area contributed by atoms with Gasteiger partial charge >= 0.3 is 0 Å². The number of hydrogen-bond acceptors (Lipinski definition) is 1. The molecule has 1 aliphatic carbocycles. The molecule has 2 aliphatic rings. The summed E-state index contributed by atoms with van der Waals surface area (Å²) < 4.78 is 5.60. The van der Waals surface area contributed by atoms with Gasteiger partial charge in [-0.25, -0.2) is 0 Å². The predicted octanol–water partition coefficient (Wildman–Crippen LogP) is 2.99. The summed E-state index contributed by atoms with van der Waals surface area (Å²) in [5.74, 6) is 0.970. The number of ether oxygens (including phenoxy) is 1. The lowest BCUT2D eigenvalue weighted by atomic mass is 9.68. The Labute approximate surface area is 75.5 Å². The Kier molecular flexibility index (Phi) is 2.40. The first kappa shape index (κ1) is 8.55. The molecule has 0 amide bonds. The summed E-state index contributed by atoms with van der Waals surface area (Å²) in [6.07, 6.45) is 8.45. The van der Waals surface area contributed by atoms with Crippen LogP contribution in [0.4, 0.5) is 0 Å². The molecule has 1 saturated heterocycles. The summed E-state index contributed by atoms with van der Waals surface area (Å²) in [4.78, 5) is 0. The molecule has 0 aromatic carbocycles. The van der Waals surface area contributed by atoms with E-state index in [0.29, 0.717) is 5.41 Å². The summed E-state index contributed by atoms with van der Waals surface area (Å²) in [7, 11) is 0. The maximum Gasteiger partial charge on any atom is 0.0522 e. The van der Waals surface area contributed by atoms with Crippen molar-refractivity contribution in [3.05, 3.63) is 0 Å². The van der Waals surface area contributed by atoms with Crippen molar-refractivity contribution in [1.29, 1.82) is 0 Å². The zero-order valence-corrected chi connectivity index (χ0v) is 8.14. The second kappa shape index (κ2) is 3.37. The molecule has 1 nitrogen and oxygen atoms in total. The van der Waals surface area contributed by atoms with E-state index in [4.69, 9.17) is 4.74 Å². The minimum atomic E-state index is 0.616. The van der Waals surface area contributed by atoms with Crippen molar-refractivity contribution < 1.29 is 4.74 Å². The molecule has 1 aliphatic heterocycles. The van der Waals surface area contributed by atoms with E-state index in [0.717, 1.165) is 19.1 Å². The summed E-state index contributed by atoms with van der Waals surface area (Å²) in [5, 5.41) is 0. The molecule has 0 unspecified atom stereocenters. The quantitative estimate of drug-likeness (QED) is 0.540. The Morgan fingerprint density at radius 2 is 1.92 bits per heavy atom. The molecular weight excluding hydrogens is 148 g/mol. The smallest absolute Gasteiger partial charge is 0.0522 e. The van der Waals surface area contributed by atoms with Gasteiger partial charge in [-0.05, 0) is 37.0 Å². The molecule has 0 atom stereocenters. The molecule has 70 valence electrons. The lowest BCUT2D eigenvalue weighted by molar-refractivity contribution is -0.0344. The van der Waals surface area contributed by atoms with Crippen LogP contribution in [-0.4, -0.2) is 13.2 Å². The van der Waals surface area contributed by atoms with Gasteiger partial charge in [0.2, 0.25) is 0 Å². The lowest BCUT2D eigenvalue weighted by Gasteiger charge is -2.41. The molecule has 1 heteroatoms. The highest BCUT2D eigenvalue weighted by molar-refractivity contribution is 4.86. The van der Waals surface area contributed by atoms with E-state index < -0.39 is 0 Å². The van der Waals surface area contributed by atoms with E-state index in [2.05, 4.69) is 6.92 Å². The molecule has 1 saturated carbocycles. The molecule has 0 aromatic rings. The molecule has 12 heavy (non-hydrogen) atoms. The highest BCUT2D eigenvalue weighted by Crippen LogP contribution is 2.44. The van der Waals surface area contributed by atoms with Crippen LogP contribution in [0.5, 0.6) is 0 Å². The fourth-order valence-electron chi connectivity index (χ4n) is 2.68. The predicted molar refractivity (Wildman–Crippen MR) is 50.1 cm³/mol. The van der Waals surface area contributed by atoms with E-state index >= 15 is 0 Å². The Bertz CT molecular complexity index is 137. The van der Waals surface area contributed by atoms with Gasteiger partial charge in [0.1, 0.15) is 0 Å². The van der Waals surface area contributed by atoms with Gasteiger partial charge in [0, 0.05) is 6.61 Å². The maximum atomic E-state index is 5.60. The summed E-state index contributed by atoms with van der Waals surface area (Å²) >= 11 is 0. The Morgan fingerprint density at radius 3 is 2.50 bits per heavy atom. The fourth-order valence-corrected chi connectivity index (χ4v) is 2.68. The van der Waals surface area contributed by atoms with Gasteiger partial charge in [-0.1, -0.05) is 19.8 Å². The zero-order chi connectivity index (χ0) is 8.44. The van der Waals surface area contributed by atoms with Crippen molar-refractivity contribution in [3.8, 4) is 0 Å². The van der Waals surface area contributed by atoms with Gasteiger partial charge in [-0.2, -0.15) is 0 Å². The van der Waals surface area contributed by atoms with E-state index in [9.17, 15) is 0 Å². The van der Waals surface area contributed by atoms with Gasteiger partial charge in [0.25, 0.3) is 0 Å². The second-order valence-corrected chi connectivity index (χ2v) is 4.84. The van der Waals surface area contributed by atoms with E-state index in [1.807, 2.05) is 0 Å². The molecule has 0 aromatic heterocycles. The minimum Gasteiger partial charge on any atom is -0.381 e. The van der Waals surface area contributed by atoms with Gasteiger partial charge in [0.05, 0.1) is 6.61 Å². The van der Waals surface area contributed by atoms with Crippen LogP contribution in [0.2, 0.25) is 0 Å². The van der Waals surface area contributed by atoms with Crippen molar-refractivity contribution in [2.24, 2.45) is 11.3 Å². The van der Waals surface area contributed by atoms with Crippen molar-refractivity contribution in [1.82, 2.24) is 0 Å². The van der Waals surface area contributed by atoms with Gasteiger partial charge in [-0.15, -0.1) is 0 Å². The topological polar surface area (TPSA) is 9.23 Å². The first-order valence-corrected chi connectivity index (χ1v) is 5.39. The van der Waals surface area contributed by atoms with Gasteiger partial charge in [-0.3, -0.25) is 0 Å². The van der Waals surface area contributed by atoms with Crippen LogP contribution in [0.1, 0.15) is 45.4 Å². The van der Waals surface area contributed by atoms with Crippen molar-refractivity contribution in [2.75, 3.05) is 13.2 Å². The average molecular weight is 168 g/mol. The van der Waals surface area contributed by atoms with Crippen LogP contribution in [0, 0.1) is 11.3 Å². The Hall–Kier alpha value is -0.0400. The van der Waals surface area contributed by atoms with Crippen LogP contribution in [0.3, 0.4) is 0 Å². The SMILES string of the molecule is C[C@H]1CC[C@]2(CCCOC2)CC1. The molecule has 0 N–H and O–H groups in total. The maximum absolute atomic E-state index is 5.60. The third kappa shape index (κ3) is 1.66. The third-order valence-corrected chi connectivity index (χ3v) is 3.74. The van der Waals surface area contributed by atoms with E-state index in [1.165, 1.54) is 38.5 Å². The van der Waals surface area contributed by atoms with Gasteiger partial charge < -0.3 is 4.74 Å². The third-order valence-electron chi connectivity index (χ3n) is 3.74. The first-order valence-electron chi connectivity index (χ1n) is 5.39. The van der Waals surface area contributed by atoms with Crippen LogP contribution in [0.15, 0.2) is 0 Å². The summed E-state index contributed by atoms with van der Waals surface area (Å²) in [6.45, 7) is 4.45. The molecule has 0 radical (unpaired) electrons.